The van der Waals surface area contributed by atoms with E-state index >= 15 is 0 Å². The Hall–Kier alpha value is -7.17. The molecule has 2 aliphatic rings. The summed E-state index contributed by atoms with van der Waals surface area (Å²) < 4.78 is 17.6. The zero-order valence-electron chi connectivity index (χ0n) is 56.9. The number of aromatic nitrogens is 8. The smallest absolute Gasteiger partial charge is 0.0134 e. The zero-order valence-corrected chi connectivity index (χ0v) is 68.1. The van der Waals surface area contributed by atoms with E-state index in [2.05, 4.69) is 316 Å². The van der Waals surface area contributed by atoms with Crippen molar-refractivity contribution in [2.24, 2.45) is 0 Å². The average Bonchev–Trinajstić information content (AvgIpc) is 1.61. The molecule has 0 unspecified atom stereocenters. The maximum atomic E-state index is 6.65. The minimum absolute atomic E-state index is 0.0563. The van der Waals surface area contributed by atoms with E-state index in [0.717, 1.165) is 55.4 Å². The van der Waals surface area contributed by atoms with Gasteiger partial charge in [0.15, 0.2) is 11.6 Å². The molecule has 2 aliphatic heterocycles. The number of hydrogen-bond donors (Lipinski definition) is 0. The molecular weight excluding hydrogens is 1730 g/mol. The fraction of sp³-hybridized carbons (Fsp3) is 0.119. The van der Waals surface area contributed by atoms with E-state index in [1.54, 1.807) is 79.9 Å². The van der Waals surface area contributed by atoms with Crippen LogP contribution in [0.25, 0.3) is 10.0 Å². The van der Waals surface area contributed by atoms with Crippen LogP contribution in [-0.4, -0.2) is 39.5 Å². The van der Waals surface area contributed by atoms with Crippen molar-refractivity contribution in [2.75, 3.05) is 0 Å². The Morgan fingerprint density at radius 1 is 0.481 bits per heavy atom. The predicted molar refractivity (Wildman–Crippen MR) is 437 cm³/mol. The normalized spacial score (nSPS) is 12.8. The summed E-state index contributed by atoms with van der Waals surface area (Å²) in [5, 5.41) is 27.9. The second-order valence-corrected chi connectivity index (χ2v) is 33.1. The maximum Gasteiger partial charge on any atom is -0.0134 e. The van der Waals surface area contributed by atoms with Crippen molar-refractivity contribution < 1.29 is 38.2 Å². The van der Waals surface area contributed by atoms with Crippen LogP contribution in [0.15, 0.2) is 295 Å². The van der Waals surface area contributed by atoms with Crippen molar-refractivity contribution in [2.45, 2.75) is 66.0 Å². The van der Waals surface area contributed by atoms with E-state index in [-0.39, 0.29) is 28.1 Å². The van der Waals surface area contributed by atoms with Crippen LogP contribution in [0.4, 0.5) is 0 Å². The van der Waals surface area contributed by atoms with Gasteiger partial charge in [0.25, 0.3) is 0 Å². The van der Waals surface area contributed by atoms with Crippen LogP contribution in [-0.2, 0) is 64.2 Å². The largest absolute Gasteiger partial charge is 0.0622 e. The van der Waals surface area contributed by atoms with Gasteiger partial charge in [-0.2, -0.15) is 0 Å². The van der Waals surface area contributed by atoms with E-state index in [1.165, 1.54) is 70.2 Å². The summed E-state index contributed by atoms with van der Waals surface area (Å²) in [5.41, 5.74) is 9.08. The molecule has 0 bridgehead atoms. The molecule has 10 nitrogen and oxygen atoms in total. The quantitative estimate of drug-likeness (QED) is 0.0438. The molecule has 528 valence electrons. The summed E-state index contributed by atoms with van der Waals surface area (Å²) in [7, 11) is 8.74. The van der Waals surface area contributed by atoms with Crippen molar-refractivity contribution >= 4 is 126 Å². The van der Waals surface area contributed by atoms with Crippen LogP contribution in [0.2, 0.25) is 0 Å². The molecule has 8 aromatic carbocycles. The molecule has 0 radical (unpaired) electrons. The molecule has 20 heteroatoms. The number of ether oxygens (including phenoxy) is 2. The minimum Gasteiger partial charge on any atom is -0.0622 e. The first-order chi connectivity index (χ1) is 51.1. The fourth-order valence-electron chi connectivity index (χ4n) is 11.4. The summed E-state index contributed by atoms with van der Waals surface area (Å²) in [6.07, 6.45) is 15.0. The molecular formula is C84H70BrCl2CuIN8O2P2PdS2+. The Labute approximate surface area is 664 Å². The number of thiophene rings is 2. The van der Waals surface area contributed by atoms with Gasteiger partial charge in [0.2, 0.25) is 0 Å². The number of benzene rings is 8. The van der Waals surface area contributed by atoms with Gasteiger partial charge in [-0.1, -0.05) is 254 Å². The molecule has 0 saturated carbocycles. The van der Waals surface area contributed by atoms with Gasteiger partial charge in [0.05, 0.1) is 21.9 Å². The van der Waals surface area contributed by atoms with Gasteiger partial charge in [-0.05, 0) is 139 Å². The summed E-state index contributed by atoms with van der Waals surface area (Å²) in [4.78, 5) is 8.99. The third-order valence-electron chi connectivity index (χ3n) is 16.3. The average molecular weight is 1800 g/mol. The second-order valence-electron chi connectivity index (χ2n) is 23.0. The van der Waals surface area contributed by atoms with E-state index in [0.29, 0.717) is 18.8 Å². The van der Waals surface area contributed by atoms with Crippen LogP contribution in [0.1, 0.15) is 98.7 Å². The van der Waals surface area contributed by atoms with E-state index in [1.807, 2.05) is 52.0 Å². The number of rotatable bonds is 10. The third kappa shape index (κ3) is 21.8. The van der Waals surface area contributed by atoms with Crippen molar-refractivity contribution in [3.05, 3.63) is 375 Å². The summed E-state index contributed by atoms with van der Waals surface area (Å²) in [6.45, 7) is 9.16. The zero-order chi connectivity index (χ0) is 72.8. The van der Waals surface area contributed by atoms with Gasteiger partial charge in [-0.3, -0.25) is 14.1 Å². The summed E-state index contributed by atoms with van der Waals surface area (Å²) in [6, 6.07) is 93.1. The Kier molecular flexibility index (Phi) is 32.3. The number of pyridine rings is 2. The van der Waals surface area contributed by atoms with Gasteiger partial charge < -0.3 is 9.47 Å². The monoisotopic (exact) mass is 1790 g/mol. The topological polar surface area (TPSA) is 106 Å². The molecule has 0 spiro atoms. The Balaban J connectivity index is 0.000000143. The first-order valence-corrected chi connectivity index (χ1v) is 44.9. The van der Waals surface area contributed by atoms with Crippen molar-refractivity contribution in [3.63, 3.8) is 0 Å². The maximum absolute atomic E-state index is 6.65. The van der Waals surface area contributed by atoms with Crippen LogP contribution in [0.5, 0.6) is 0 Å². The molecule has 6 aromatic heterocycles. The van der Waals surface area contributed by atoms with Gasteiger partial charge in [-0.25, -0.2) is 0 Å². The van der Waals surface area contributed by atoms with E-state index < -0.39 is 15.8 Å². The summed E-state index contributed by atoms with van der Waals surface area (Å²) in [5.74, 6) is 12.4. The number of hydrogen-bond acceptors (Lipinski definition) is 10. The molecule has 0 amide bonds. The Morgan fingerprint density at radius 2 is 0.808 bits per heavy atom. The van der Waals surface area contributed by atoms with E-state index in [4.69, 9.17) is 35.0 Å². The number of aryl methyl sites for hydroxylation is 2. The molecule has 2 atom stereocenters. The number of nitrogens with zero attached hydrogens (tertiary/aromatic N) is 8. The Bertz CT molecular complexity index is 4690. The molecule has 16 rings (SSSR count). The number of halogens is 4. The third-order valence-corrected chi connectivity index (χ3v) is 24.3. The first-order valence-electron chi connectivity index (χ1n) is 32.8. The molecule has 0 fully saturated rings. The van der Waals surface area contributed by atoms with Gasteiger partial charge in [0.1, 0.15) is 33.9 Å². The molecule has 0 aliphatic carbocycles. The predicted octanol–water partition coefficient (Wildman–Crippen LogP) is 19.4. The Morgan fingerprint density at radius 3 is 1.14 bits per heavy atom. The minimum atomic E-state index is -0.446. The van der Waals surface area contributed by atoms with Gasteiger partial charge in [0, 0.05) is 29.1 Å². The molecule has 8 heterocycles. The van der Waals surface area contributed by atoms with Crippen molar-refractivity contribution in [3.8, 4) is 27.8 Å². The van der Waals surface area contributed by atoms with Crippen molar-refractivity contribution in [1.82, 2.24) is 39.5 Å². The number of fused-ring (bicyclic) bond motifs is 6. The van der Waals surface area contributed by atoms with Crippen LogP contribution in [0, 0.1) is 38.0 Å². The first kappa shape index (κ1) is 79.4. The SMILES string of the molecule is Cc1nnc2n1-c1sc(Br)c(Cc3ccccc3)c1CO[C@H]2C.Cc1nnc2n1-c1sc(C#Cc3cccnc3)c(Cc3ccccc3)c1CO[C@H]2C.[C+]#Cc1cccnc1.[Cl][Pd][Cl].[Cu][I].c1ccc(P(c2ccccc2)c2ccccc2)cc1.c1ccc(P(c2ccccc2)c2ccccc2)cc1. The fourth-order valence-corrected chi connectivity index (χ4v) is 19.2. The molecule has 0 saturated heterocycles. The van der Waals surface area contributed by atoms with Crippen LogP contribution in [0.3, 0.4) is 0 Å². The van der Waals surface area contributed by atoms with Gasteiger partial charge >= 0.3 is 116 Å². The standard InChI is InChI=1S/C24H20N4OS.2C18H15P.C17H16BrN3OS.C7H4N.2ClH.Cu.HI.Pd/c1-16-23-27-26-17(2)28(23)24-21(15-29-16)20(13-18-7-4-3-5-8-18)22(30-24)11-10-19-9-6-12-25-14-19;2*1-4-10-16(11-5-1)19(17-12-6-2-7-13-17)18-14-8-3-9-15-18;1-10-16-20-19-11(2)21(16)17-14(9-22-10)13(15(18)23-17)8-12-6-4-3-5-7-12;1-2-7-4-3-5-8-6-7;;;;;/h3-9,12,14,16H,13,15H2,1-2H3;2*1-15H;3-7,10H,8-9H2,1-2H3;3-6H;2*1H;;1H;/q;;;;+1;;;+1;;+2/p-3/t16-;;;10-;;;;;;/m0..0....../s1. The molecule has 0 N–H and O–H groups in total. The van der Waals surface area contributed by atoms with Gasteiger partial charge in [-0.15, -0.1) is 43.1 Å². The van der Waals surface area contributed by atoms with Crippen LogP contribution >= 0.6 is 93.8 Å². The summed E-state index contributed by atoms with van der Waals surface area (Å²) >= 11 is 12.9. The van der Waals surface area contributed by atoms with Crippen molar-refractivity contribution in [1.29, 1.82) is 0 Å². The second kappa shape index (κ2) is 42.2. The van der Waals surface area contributed by atoms with Crippen LogP contribution < -0.4 is 31.8 Å². The molecule has 104 heavy (non-hydrogen) atoms. The molecule has 14 aromatic rings. The van der Waals surface area contributed by atoms with E-state index in [9.17, 15) is 0 Å².